The zero-order chi connectivity index (χ0) is 20.0. The van der Waals surface area contributed by atoms with Crippen LogP contribution in [-0.2, 0) is 18.3 Å². The van der Waals surface area contributed by atoms with Gasteiger partial charge in [-0.3, -0.25) is 9.59 Å². The number of unbranched alkanes of at least 4 members (excludes halogenated alkanes) is 3. The van der Waals surface area contributed by atoms with E-state index in [9.17, 15) is 9.59 Å². The molecule has 2 N–H and O–H groups in total. The fourth-order valence-electron chi connectivity index (χ4n) is 3.62. The number of carbonyl (C=O) groups is 2. The molecule has 0 aliphatic rings. The van der Waals surface area contributed by atoms with Crippen molar-refractivity contribution < 1.29 is 19.8 Å². The summed E-state index contributed by atoms with van der Waals surface area (Å²) in [6.07, 6.45) is 4.63. The number of benzene rings is 1. The Bertz CT molecular complexity index is 812. The fourth-order valence-corrected chi connectivity index (χ4v) is 3.79. The van der Waals surface area contributed by atoms with E-state index in [1.807, 2.05) is 29.8 Å². The SMILES string of the molecule is CC(CC(=O)O)CC(=O)c1c(CCCCCCO)n(C)c2ccc(Cl)cc12. The predicted octanol–water partition coefficient (Wildman–Crippen LogP) is 4.61. The average molecular weight is 394 g/mol. The first-order valence-corrected chi connectivity index (χ1v) is 9.85. The first kappa shape index (κ1) is 21.5. The van der Waals surface area contributed by atoms with Crippen molar-refractivity contribution in [3.05, 3.63) is 34.5 Å². The van der Waals surface area contributed by atoms with Crippen molar-refractivity contribution in [2.45, 2.75) is 51.9 Å². The van der Waals surface area contributed by atoms with Gasteiger partial charge in [0, 0.05) is 53.7 Å². The third-order valence-corrected chi connectivity index (χ3v) is 5.18. The summed E-state index contributed by atoms with van der Waals surface area (Å²) in [4.78, 5) is 24.0. The third-order valence-electron chi connectivity index (χ3n) is 4.94. The second-order valence-corrected chi connectivity index (χ2v) is 7.70. The number of ketones is 1. The van der Waals surface area contributed by atoms with Crippen LogP contribution in [0, 0.1) is 5.92 Å². The highest BCUT2D eigenvalue weighted by molar-refractivity contribution is 6.31. The van der Waals surface area contributed by atoms with E-state index in [-0.39, 0.29) is 31.1 Å². The maximum atomic E-state index is 13.0. The van der Waals surface area contributed by atoms with Crippen molar-refractivity contribution in [3.63, 3.8) is 0 Å². The van der Waals surface area contributed by atoms with Crippen LogP contribution in [0.1, 0.15) is 61.5 Å². The van der Waals surface area contributed by atoms with E-state index in [1.165, 1.54) is 0 Å². The number of hydrogen-bond acceptors (Lipinski definition) is 3. The van der Waals surface area contributed by atoms with Crippen LogP contribution in [0.15, 0.2) is 18.2 Å². The molecule has 2 aromatic rings. The second kappa shape index (κ2) is 9.90. The molecule has 1 unspecified atom stereocenters. The van der Waals surface area contributed by atoms with Crippen LogP contribution in [0.3, 0.4) is 0 Å². The van der Waals surface area contributed by atoms with Gasteiger partial charge in [-0.2, -0.15) is 0 Å². The lowest BCUT2D eigenvalue weighted by Gasteiger charge is -2.10. The van der Waals surface area contributed by atoms with Gasteiger partial charge in [-0.05, 0) is 43.4 Å². The van der Waals surface area contributed by atoms with Gasteiger partial charge in [-0.15, -0.1) is 0 Å². The highest BCUT2D eigenvalue weighted by Gasteiger charge is 2.23. The zero-order valence-electron chi connectivity index (χ0n) is 16.0. The molecule has 2 rings (SSSR count). The van der Waals surface area contributed by atoms with E-state index < -0.39 is 5.97 Å². The Morgan fingerprint density at radius 3 is 2.52 bits per heavy atom. The molecule has 0 bridgehead atoms. The smallest absolute Gasteiger partial charge is 0.303 e. The molecule has 1 atom stereocenters. The molecule has 148 valence electrons. The number of aromatic nitrogens is 1. The maximum Gasteiger partial charge on any atom is 0.303 e. The normalized spacial score (nSPS) is 12.4. The highest BCUT2D eigenvalue weighted by Crippen LogP contribution is 2.31. The third kappa shape index (κ3) is 5.56. The number of rotatable bonds is 11. The van der Waals surface area contributed by atoms with Crippen LogP contribution in [0.2, 0.25) is 5.02 Å². The molecule has 0 spiro atoms. The van der Waals surface area contributed by atoms with E-state index >= 15 is 0 Å². The van der Waals surface area contributed by atoms with Crippen molar-refractivity contribution in [2.24, 2.45) is 13.0 Å². The molecule has 1 aromatic carbocycles. The molecule has 1 aromatic heterocycles. The van der Waals surface area contributed by atoms with Gasteiger partial charge in [0.2, 0.25) is 0 Å². The average Bonchev–Trinajstić information content (AvgIpc) is 2.85. The van der Waals surface area contributed by atoms with Crippen molar-refractivity contribution in [3.8, 4) is 0 Å². The molecule has 0 saturated carbocycles. The minimum Gasteiger partial charge on any atom is -0.481 e. The molecule has 27 heavy (non-hydrogen) atoms. The van der Waals surface area contributed by atoms with Crippen LogP contribution >= 0.6 is 11.6 Å². The number of aliphatic hydroxyl groups is 1. The number of carbonyl (C=O) groups excluding carboxylic acids is 1. The van der Waals surface area contributed by atoms with Gasteiger partial charge in [0.25, 0.3) is 0 Å². The van der Waals surface area contributed by atoms with Crippen LogP contribution in [0.4, 0.5) is 0 Å². The Labute approximate surface area is 164 Å². The number of aliphatic carboxylic acids is 1. The summed E-state index contributed by atoms with van der Waals surface area (Å²) in [6.45, 7) is 2.00. The molecule has 0 fully saturated rings. The number of nitrogens with zero attached hydrogens (tertiary/aromatic N) is 1. The van der Waals surface area contributed by atoms with Gasteiger partial charge in [-0.1, -0.05) is 31.4 Å². The monoisotopic (exact) mass is 393 g/mol. The summed E-state index contributed by atoms with van der Waals surface area (Å²) in [7, 11) is 1.96. The first-order valence-electron chi connectivity index (χ1n) is 9.47. The van der Waals surface area contributed by atoms with Crippen molar-refractivity contribution in [1.82, 2.24) is 4.57 Å². The molecule has 0 radical (unpaired) electrons. The highest BCUT2D eigenvalue weighted by atomic mass is 35.5. The van der Waals surface area contributed by atoms with E-state index in [0.717, 1.165) is 48.7 Å². The summed E-state index contributed by atoms with van der Waals surface area (Å²) < 4.78 is 2.05. The quantitative estimate of drug-likeness (QED) is 0.431. The number of carboxylic acid groups (broad SMARTS) is 1. The minimum atomic E-state index is -0.889. The summed E-state index contributed by atoms with van der Waals surface area (Å²) in [5, 5.41) is 19.3. The van der Waals surface area contributed by atoms with Crippen LogP contribution in [0.25, 0.3) is 10.9 Å². The summed E-state index contributed by atoms with van der Waals surface area (Å²) >= 11 is 6.17. The lowest BCUT2D eigenvalue weighted by Crippen LogP contribution is -2.12. The largest absolute Gasteiger partial charge is 0.481 e. The van der Waals surface area contributed by atoms with Gasteiger partial charge < -0.3 is 14.8 Å². The molecule has 5 nitrogen and oxygen atoms in total. The number of carboxylic acids is 1. The lowest BCUT2D eigenvalue weighted by molar-refractivity contribution is -0.137. The van der Waals surface area contributed by atoms with Crippen molar-refractivity contribution in [1.29, 1.82) is 0 Å². The maximum absolute atomic E-state index is 13.0. The Hall–Kier alpha value is -1.85. The van der Waals surface area contributed by atoms with Gasteiger partial charge in [0.15, 0.2) is 5.78 Å². The van der Waals surface area contributed by atoms with Crippen LogP contribution in [0.5, 0.6) is 0 Å². The molecule has 0 amide bonds. The first-order chi connectivity index (χ1) is 12.8. The van der Waals surface area contributed by atoms with Gasteiger partial charge >= 0.3 is 5.97 Å². The molecular weight excluding hydrogens is 366 g/mol. The Balaban J connectivity index is 2.32. The van der Waals surface area contributed by atoms with Crippen LogP contribution < -0.4 is 0 Å². The molecule has 0 saturated heterocycles. The summed E-state index contributed by atoms with van der Waals surface area (Å²) in [5.74, 6) is -1.14. The number of halogens is 1. The van der Waals surface area contributed by atoms with Gasteiger partial charge in [-0.25, -0.2) is 0 Å². The van der Waals surface area contributed by atoms with E-state index in [2.05, 4.69) is 0 Å². The Kier molecular flexibility index (Phi) is 7.87. The van der Waals surface area contributed by atoms with Crippen molar-refractivity contribution in [2.75, 3.05) is 6.61 Å². The standard InChI is InChI=1S/C21H28ClNO4/c1-14(12-20(26)27)11-19(25)21-16-13-15(22)8-9-17(16)23(2)18(21)7-5-3-4-6-10-24/h8-9,13-14,24H,3-7,10-12H2,1-2H3,(H,26,27). The molecular formula is C21H28ClNO4. The zero-order valence-corrected chi connectivity index (χ0v) is 16.8. The minimum absolute atomic E-state index is 0.0201. The molecule has 0 aliphatic carbocycles. The number of aliphatic hydroxyl groups excluding tert-OH is 1. The Morgan fingerprint density at radius 2 is 1.85 bits per heavy atom. The van der Waals surface area contributed by atoms with E-state index in [1.54, 1.807) is 6.92 Å². The van der Waals surface area contributed by atoms with Crippen LogP contribution in [-0.4, -0.2) is 33.1 Å². The van der Waals surface area contributed by atoms with E-state index in [0.29, 0.717) is 10.6 Å². The van der Waals surface area contributed by atoms with Crippen molar-refractivity contribution >= 4 is 34.3 Å². The molecule has 0 aliphatic heterocycles. The van der Waals surface area contributed by atoms with Gasteiger partial charge in [0.05, 0.1) is 0 Å². The summed E-state index contributed by atoms with van der Waals surface area (Å²) in [5.41, 5.74) is 2.61. The van der Waals surface area contributed by atoms with E-state index in [4.69, 9.17) is 21.8 Å². The topological polar surface area (TPSA) is 79.5 Å². The number of fused-ring (bicyclic) bond motifs is 1. The molecule has 1 heterocycles. The van der Waals surface area contributed by atoms with Gasteiger partial charge in [0.1, 0.15) is 0 Å². The predicted molar refractivity (Wildman–Crippen MR) is 108 cm³/mol. The fraction of sp³-hybridized carbons (Fsp3) is 0.524. The lowest BCUT2D eigenvalue weighted by atomic mass is 9.94. The number of Topliss-reactive ketones (excluding diaryl/α,β-unsaturated/α-hetero) is 1. The Morgan fingerprint density at radius 1 is 1.15 bits per heavy atom. The summed E-state index contributed by atoms with van der Waals surface area (Å²) in [6, 6.07) is 5.56. The number of hydrogen-bond donors (Lipinski definition) is 2. The second-order valence-electron chi connectivity index (χ2n) is 7.26. The molecule has 6 heteroatoms. The number of aryl methyl sites for hydroxylation is 1.